The average Bonchev–Trinajstić information content (AvgIpc) is 2.70. The predicted molar refractivity (Wildman–Crippen MR) is 70.8 cm³/mol. The molecule has 0 atom stereocenters. The fraction of sp³-hybridized carbons (Fsp3) is 0.727. The summed E-state index contributed by atoms with van der Waals surface area (Å²) in [4.78, 5) is 4.35. The van der Waals surface area contributed by atoms with Crippen molar-refractivity contribution in [3.63, 3.8) is 0 Å². The molecule has 0 saturated heterocycles. The van der Waals surface area contributed by atoms with Gasteiger partial charge in [0.1, 0.15) is 5.01 Å². The third-order valence-electron chi connectivity index (χ3n) is 2.31. The van der Waals surface area contributed by atoms with Gasteiger partial charge in [0.2, 0.25) is 0 Å². The Hall–Kier alpha value is -0.0600. The monoisotopic (exact) mass is 244 g/mol. The minimum atomic E-state index is 0.0214. The van der Waals surface area contributed by atoms with Crippen LogP contribution in [0.3, 0.4) is 0 Å². The Morgan fingerprint density at radius 3 is 2.87 bits per heavy atom. The van der Waals surface area contributed by atoms with E-state index in [4.69, 9.17) is 0 Å². The molecule has 0 saturated carbocycles. The Kier molecular flexibility index (Phi) is 5.64. The first-order chi connectivity index (χ1) is 7.17. The Morgan fingerprint density at radius 2 is 2.27 bits per heavy atom. The highest BCUT2D eigenvalue weighted by atomic mass is 32.2. The van der Waals surface area contributed by atoms with Gasteiger partial charge in [0, 0.05) is 11.6 Å². The van der Waals surface area contributed by atoms with Crippen LogP contribution in [0, 0.1) is 0 Å². The molecule has 0 fully saturated rings. The number of hydrogen-bond donors (Lipinski definition) is 1. The highest BCUT2D eigenvalue weighted by Gasteiger charge is 2.21. The minimum Gasteiger partial charge on any atom is -0.306 e. The van der Waals surface area contributed by atoms with Gasteiger partial charge in [-0.25, -0.2) is 4.98 Å². The van der Waals surface area contributed by atoms with Gasteiger partial charge >= 0.3 is 0 Å². The SMILES string of the molecule is CSCCCCNC(C)(C)c1nccs1. The van der Waals surface area contributed by atoms with E-state index in [9.17, 15) is 0 Å². The third kappa shape index (κ3) is 4.53. The zero-order valence-corrected chi connectivity index (χ0v) is 11.4. The Morgan fingerprint density at radius 1 is 1.47 bits per heavy atom. The standard InChI is InChI=1S/C11H20N2S2/c1-11(2,10-12-7-9-15-10)13-6-4-5-8-14-3/h7,9,13H,4-6,8H2,1-3H3. The van der Waals surface area contributed by atoms with Crippen molar-refractivity contribution in [1.82, 2.24) is 10.3 Å². The molecule has 0 aromatic carbocycles. The maximum atomic E-state index is 4.35. The first-order valence-corrected chi connectivity index (χ1v) is 7.58. The van der Waals surface area contributed by atoms with Gasteiger partial charge in [0.25, 0.3) is 0 Å². The van der Waals surface area contributed by atoms with Crippen molar-refractivity contribution in [2.75, 3.05) is 18.6 Å². The second kappa shape index (κ2) is 6.51. The molecule has 0 bridgehead atoms. The van der Waals surface area contributed by atoms with Gasteiger partial charge in [0.05, 0.1) is 5.54 Å². The van der Waals surface area contributed by atoms with Crippen LogP contribution in [0.2, 0.25) is 0 Å². The highest BCUT2D eigenvalue weighted by Crippen LogP contribution is 2.21. The molecule has 1 aromatic heterocycles. The van der Waals surface area contributed by atoms with E-state index in [1.165, 1.54) is 23.6 Å². The van der Waals surface area contributed by atoms with E-state index in [0.717, 1.165) is 6.54 Å². The quantitative estimate of drug-likeness (QED) is 0.746. The maximum Gasteiger partial charge on any atom is 0.112 e. The fourth-order valence-electron chi connectivity index (χ4n) is 1.38. The van der Waals surface area contributed by atoms with Crippen molar-refractivity contribution < 1.29 is 0 Å². The van der Waals surface area contributed by atoms with Gasteiger partial charge < -0.3 is 5.32 Å². The number of aromatic nitrogens is 1. The van der Waals surface area contributed by atoms with Crippen LogP contribution in [0.15, 0.2) is 11.6 Å². The van der Waals surface area contributed by atoms with Gasteiger partial charge in [-0.3, -0.25) is 0 Å². The lowest BCUT2D eigenvalue weighted by atomic mass is 10.1. The molecule has 86 valence electrons. The van der Waals surface area contributed by atoms with Gasteiger partial charge in [-0.05, 0) is 45.2 Å². The van der Waals surface area contributed by atoms with E-state index in [1.54, 1.807) is 11.3 Å². The van der Waals surface area contributed by atoms with Crippen LogP contribution in [0.25, 0.3) is 0 Å². The summed E-state index contributed by atoms with van der Waals surface area (Å²) >= 11 is 3.64. The van der Waals surface area contributed by atoms with Gasteiger partial charge in [-0.2, -0.15) is 11.8 Å². The van der Waals surface area contributed by atoms with Crippen LogP contribution in [0.5, 0.6) is 0 Å². The largest absolute Gasteiger partial charge is 0.306 e. The normalized spacial score (nSPS) is 11.9. The zero-order chi connectivity index (χ0) is 11.1. The summed E-state index contributed by atoms with van der Waals surface area (Å²) in [5, 5.41) is 6.77. The summed E-state index contributed by atoms with van der Waals surface area (Å²) in [5.41, 5.74) is 0.0214. The maximum absolute atomic E-state index is 4.35. The van der Waals surface area contributed by atoms with E-state index in [2.05, 4.69) is 30.4 Å². The topological polar surface area (TPSA) is 24.9 Å². The van der Waals surface area contributed by atoms with E-state index in [0.29, 0.717) is 0 Å². The molecule has 1 heterocycles. The van der Waals surface area contributed by atoms with Crippen LogP contribution in [-0.2, 0) is 5.54 Å². The molecular formula is C11H20N2S2. The van der Waals surface area contributed by atoms with E-state index in [1.807, 2.05) is 23.3 Å². The van der Waals surface area contributed by atoms with Crippen molar-refractivity contribution in [3.05, 3.63) is 16.6 Å². The molecule has 2 nitrogen and oxygen atoms in total. The fourth-order valence-corrected chi connectivity index (χ4v) is 2.61. The third-order valence-corrected chi connectivity index (χ3v) is 4.10. The van der Waals surface area contributed by atoms with Crippen LogP contribution < -0.4 is 5.32 Å². The van der Waals surface area contributed by atoms with Crippen molar-refractivity contribution in [2.45, 2.75) is 32.2 Å². The molecule has 0 aliphatic rings. The molecule has 0 unspecified atom stereocenters. The Labute approximate surface area is 101 Å². The summed E-state index contributed by atoms with van der Waals surface area (Å²) in [5.74, 6) is 1.26. The van der Waals surface area contributed by atoms with Crippen LogP contribution in [0.1, 0.15) is 31.7 Å². The molecule has 1 rings (SSSR count). The van der Waals surface area contributed by atoms with Crippen molar-refractivity contribution in [3.8, 4) is 0 Å². The van der Waals surface area contributed by atoms with E-state index < -0.39 is 0 Å². The van der Waals surface area contributed by atoms with Crippen LogP contribution in [0.4, 0.5) is 0 Å². The summed E-state index contributed by atoms with van der Waals surface area (Å²) < 4.78 is 0. The lowest BCUT2D eigenvalue weighted by molar-refractivity contribution is 0.398. The van der Waals surface area contributed by atoms with Gasteiger partial charge in [0.15, 0.2) is 0 Å². The number of nitrogens with one attached hydrogen (secondary N) is 1. The number of unbranched alkanes of at least 4 members (excludes halogenated alkanes) is 1. The number of nitrogens with zero attached hydrogens (tertiary/aromatic N) is 1. The molecule has 0 spiro atoms. The summed E-state index contributed by atoms with van der Waals surface area (Å²) in [6.07, 6.45) is 6.57. The lowest BCUT2D eigenvalue weighted by Gasteiger charge is -2.23. The molecular weight excluding hydrogens is 224 g/mol. The second-order valence-corrected chi connectivity index (χ2v) is 5.97. The Balaban J connectivity index is 2.25. The summed E-state index contributed by atoms with van der Waals surface area (Å²) in [6, 6.07) is 0. The number of hydrogen-bond acceptors (Lipinski definition) is 4. The van der Waals surface area contributed by atoms with Crippen molar-refractivity contribution in [1.29, 1.82) is 0 Å². The lowest BCUT2D eigenvalue weighted by Crippen LogP contribution is -2.37. The zero-order valence-electron chi connectivity index (χ0n) is 9.75. The smallest absolute Gasteiger partial charge is 0.112 e. The van der Waals surface area contributed by atoms with Gasteiger partial charge in [-0.1, -0.05) is 0 Å². The van der Waals surface area contributed by atoms with Crippen LogP contribution in [-0.4, -0.2) is 23.5 Å². The molecule has 0 aliphatic carbocycles. The molecule has 0 radical (unpaired) electrons. The molecule has 1 N–H and O–H groups in total. The average molecular weight is 244 g/mol. The predicted octanol–water partition coefficient (Wildman–Crippen LogP) is 3.11. The first-order valence-electron chi connectivity index (χ1n) is 5.31. The molecule has 0 aliphatic heterocycles. The summed E-state index contributed by atoms with van der Waals surface area (Å²) in [6.45, 7) is 5.47. The molecule has 0 amide bonds. The number of thioether (sulfide) groups is 1. The molecule has 1 aromatic rings. The van der Waals surface area contributed by atoms with Crippen LogP contribution >= 0.6 is 23.1 Å². The van der Waals surface area contributed by atoms with Crippen molar-refractivity contribution in [2.24, 2.45) is 0 Å². The number of thiazole rings is 1. The van der Waals surface area contributed by atoms with E-state index in [-0.39, 0.29) is 5.54 Å². The van der Waals surface area contributed by atoms with Crippen molar-refractivity contribution >= 4 is 23.1 Å². The summed E-state index contributed by atoms with van der Waals surface area (Å²) in [7, 11) is 0. The Bertz CT molecular complexity index is 258. The number of rotatable bonds is 7. The first kappa shape index (κ1) is 13.0. The highest BCUT2D eigenvalue weighted by molar-refractivity contribution is 7.98. The van der Waals surface area contributed by atoms with E-state index >= 15 is 0 Å². The van der Waals surface area contributed by atoms with Gasteiger partial charge in [-0.15, -0.1) is 11.3 Å². The molecule has 15 heavy (non-hydrogen) atoms. The second-order valence-electron chi connectivity index (χ2n) is 4.09. The minimum absolute atomic E-state index is 0.0214. The molecule has 4 heteroatoms.